The smallest absolute Gasteiger partial charge is 0.379 e. The molecule has 0 radical (unpaired) electrons. The maximum atomic E-state index is 12.0. The number of ether oxygens (including phenoxy) is 2. The predicted octanol–water partition coefficient (Wildman–Crippen LogP) is 7.45. The number of unbranched alkanes of at least 4 members (excludes halogenated alkanes) is 11. The molecule has 0 aromatic heterocycles. The van der Waals surface area contributed by atoms with E-state index in [2.05, 4.69) is 31.2 Å². The van der Waals surface area contributed by atoms with E-state index in [1.165, 1.54) is 77.0 Å². The Morgan fingerprint density at radius 2 is 1.24 bits per heavy atom. The van der Waals surface area contributed by atoms with Crippen molar-refractivity contribution in [3.05, 3.63) is 24.3 Å². The molecule has 0 aliphatic heterocycles. The van der Waals surface area contributed by atoms with Crippen LogP contribution in [0.5, 0.6) is 0 Å². The lowest BCUT2D eigenvalue weighted by Crippen LogP contribution is -2.37. The first-order chi connectivity index (χ1) is 17.7. The fraction of sp³-hybridized carbons (Fsp3) is 0.862. The van der Waals surface area contributed by atoms with E-state index in [4.69, 9.17) is 18.5 Å². The quantitative estimate of drug-likeness (QED) is 0.0497. The highest BCUT2D eigenvalue weighted by molar-refractivity contribution is 7.47. The monoisotopic (exact) mass is 548 g/mol. The van der Waals surface area contributed by atoms with Crippen molar-refractivity contribution in [1.29, 1.82) is 0 Å². The fourth-order valence-electron chi connectivity index (χ4n) is 3.53. The Balaban J connectivity index is 3.55. The van der Waals surface area contributed by atoms with Gasteiger partial charge in [-0.05, 0) is 51.4 Å². The summed E-state index contributed by atoms with van der Waals surface area (Å²) >= 11 is 0. The molecule has 1 unspecified atom stereocenters. The second-order valence-corrected chi connectivity index (χ2v) is 12.3. The number of rotatable bonds is 27. The number of allylic oxidation sites excluding steroid dienone is 4. The van der Waals surface area contributed by atoms with Gasteiger partial charge in [-0.25, -0.2) is 4.57 Å². The van der Waals surface area contributed by atoms with Gasteiger partial charge in [-0.3, -0.25) is 9.05 Å². The van der Waals surface area contributed by atoms with Crippen LogP contribution in [0.3, 0.4) is 0 Å². The molecule has 0 amide bonds. The van der Waals surface area contributed by atoms with Gasteiger partial charge in [0.1, 0.15) is 19.3 Å². The van der Waals surface area contributed by atoms with Crippen LogP contribution in [0.2, 0.25) is 0 Å². The molecule has 0 rings (SSSR count). The van der Waals surface area contributed by atoms with Crippen LogP contribution in [-0.2, 0) is 23.1 Å². The molecule has 0 heterocycles. The normalized spacial score (nSPS) is 15.1. The van der Waals surface area contributed by atoms with Gasteiger partial charge in [0.2, 0.25) is 0 Å². The number of nitrogens with zero attached hydrogens (tertiary/aromatic N) is 1. The van der Waals surface area contributed by atoms with Crippen molar-refractivity contribution in [2.75, 3.05) is 61.2 Å². The van der Waals surface area contributed by atoms with Gasteiger partial charge < -0.3 is 18.9 Å². The van der Waals surface area contributed by atoms with E-state index in [1.54, 1.807) is 7.11 Å². The molecule has 0 aliphatic carbocycles. The molecule has 0 saturated carbocycles. The first-order valence-corrected chi connectivity index (χ1v) is 16.0. The van der Waals surface area contributed by atoms with E-state index >= 15 is 0 Å². The number of phosphoric acid groups is 1. The largest absolute Gasteiger partial charge is 0.472 e. The van der Waals surface area contributed by atoms with Gasteiger partial charge >= 0.3 is 7.82 Å². The van der Waals surface area contributed by atoms with Crippen LogP contribution in [0.1, 0.15) is 96.8 Å². The summed E-state index contributed by atoms with van der Waals surface area (Å²) < 4.78 is 33.7. The molecule has 37 heavy (non-hydrogen) atoms. The summed E-state index contributed by atoms with van der Waals surface area (Å²) in [4.78, 5) is 9.80. The Labute approximate surface area is 228 Å². The van der Waals surface area contributed by atoms with Crippen molar-refractivity contribution in [3.63, 3.8) is 0 Å². The zero-order chi connectivity index (χ0) is 27.7. The zero-order valence-electron chi connectivity index (χ0n) is 24.7. The Morgan fingerprint density at radius 3 is 1.78 bits per heavy atom. The first-order valence-electron chi connectivity index (χ1n) is 14.5. The molecule has 0 spiro atoms. The van der Waals surface area contributed by atoms with E-state index < -0.39 is 13.9 Å². The zero-order valence-corrected chi connectivity index (χ0v) is 25.6. The van der Waals surface area contributed by atoms with Crippen LogP contribution in [0, 0.1) is 0 Å². The summed E-state index contributed by atoms with van der Waals surface area (Å²) in [5.74, 6) is 0. The van der Waals surface area contributed by atoms with E-state index in [9.17, 15) is 9.46 Å². The lowest BCUT2D eigenvalue weighted by molar-refractivity contribution is -0.870. The molecule has 0 bridgehead atoms. The minimum Gasteiger partial charge on any atom is -0.379 e. The van der Waals surface area contributed by atoms with Crippen molar-refractivity contribution in [1.82, 2.24) is 0 Å². The molecule has 7 nitrogen and oxygen atoms in total. The van der Waals surface area contributed by atoms with Gasteiger partial charge in [0.15, 0.2) is 0 Å². The molecule has 0 fully saturated rings. The highest BCUT2D eigenvalue weighted by Gasteiger charge is 2.24. The van der Waals surface area contributed by atoms with Crippen molar-refractivity contribution in [2.24, 2.45) is 0 Å². The molecule has 8 heteroatoms. The Morgan fingerprint density at radius 1 is 0.730 bits per heavy atom. The van der Waals surface area contributed by atoms with Crippen molar-refractivity contribution < 1.29 is 32.5 Å². The number of phosphoric ester groups is 1. The highest BCUT2D eigenvalue weighted by Crippen LogP contribution is 2.43. The molecular weight excluding hydrogens is 489 g/mol. The number of hydrogen-bond donors (Lipinski definition) is 1. The van der Waals surface area contributed by atoms with Gasteiger partial charge in [-0.2, -0.15) is 0 Å². The summed E-state index contributed by atoms with van der Waals surface area (Å²) in [6.45, 7) is 3.95. The second kappa shape index (κ2) is 24.5. The van der Waals surface area contributed by atoms with Gasteiger partial charge in [-0.1, -0.05) is 69.8 Å². The van der Waals surface area contributed by atoms with E-state index in [0.29, 0.717) is 24.2 Å². The molecule has 220 valence electrons. The lowest BCUT2D eigenvalue weighted by Gasteiger charge is -2.24. The molecule has 2 atom stereocenters. The van der Waals surface area contributed by atoms with Crippen molar-refractivity contribution >= 4 is 7.82 Å². The maximum Gasteiger partial charge on any atom is 0.472 e. The number of likely N-dealkylation sites (N-methyl/N-ethyl adjacent to an activating group) is 1. The third kappa shape index (κ3) is 28.3. The molecular formula is C29H59NO6P+. The molecule has 0 aromatic rings. The molecule has 0 saturated heterocycles. The predicted molar refractivity (Wildman–Crippen MR) is 155 cm³/mol. The summed E-state index contributed by atoms with van der Waals surface area (Å²) in [6, 6.07) is 0. The summed E-state index contributed by atoms with van der Waals surface area (Å²) in [5, 5.41) is 0. The minimum atomic E-state index is -4.08. The van der Waals surface area contributed by atoms with Crippen LogP contribution in [0.25, 0.3) is 0 Å². The average Bonchev–Trinajstić information content (AvgIpc) is 2.83. The van der Waals surface area contributed by atoms with E-state index in [1.807, 2.05) is 21.1 Å². The van der Waals surface area contributed by atoms with Crippen molar-refractivity contribution in [3.8, 4) is 0 Å². The van der Waals surface area contributed by atoms with Crippen LogP contribution in [0.15, 0.2) is 24.3 Å². The van der Waals surface area contributed by atoms with Gasteiger partial charge in [0.25, 0.3) is 0 Å². The first kappa shape index (κ1) is 36.5. The Bertz CT molecular complexity index is 606. The number of methoxy groups -OCH3 is 1. The van der Waals surface area contributed by atoms with Crippen LogP contribution in [0.4, 0.5) is 0 Å². The molecule has 0 aliphatic rings. The SMILES string of the molecule is CCCCC=CCCCCC=CCCCCCCCCOC[C@H](COP(=O)(O)OCC[N+](C)(C)C)OC. The van der Waals surface area contributed by atoms with E-state index in [-0.39, 0.29) is 13.2 Å². The highest BCUT2D eigenvalue weighted by atomic mass is 31.2. The summed E-state index contributed by atoms with van der Waals surface area (Å²) in [6.07, 6.45) is 26.3. The van der Waals surface area contributed by atoms with Crippen LogP contribution >= 0.6 is 7.82 Å². The summed E-state index contributed by atoms with van der Waals surface area (Å²) in [5.41, 5.74) is 0. The fourth-order valence-corrected chi connectivity index (χ4v) is 4.28. The number of hydrogen-bond acceptors (Lipinski definition) is 5. The summed E-state index contributed by atoms with van der Waals surface area (Å²) in [7, 11) is 3.43. The molecule has 0 aromatic carbocycles. The topological polar surface area (TPSA) is 74.2 Å². The standard InChI is InChI=1S/C29H58NO6P/c1-6-7-8-9-10-11-12-13-14-15-16-17-18-19-20-21-22-23-25-34-27-29(33-5)28-36-37(31,32)35-26-24-30(2,3)4/h9-10,15-16,29H,6-8,11-14,17-28H2,1-5H3/p+1/t29-/m1/s1. The Kier molecular flexibility index (Phi) is 24.2. The third-order valence-electron chi connectivity index (χ3n) is 6.04. The van der Waals surface area contributed by atoms with Gasteiger partial charge in [-0.15, -0.1) is 0 Å². The maximum absolute atomic E-state index is 12.0. The van der Waals surface area contributed by atoms with E-state index in [0.717, 1.165) is 12.8 Å². The average molecular weight is 549 g/mol. The lowest BCUT2D eigenvalue weighted by atomic mass is 10.1. The number of quaternary nitrogens is 1. The molecule has 1 N–H and O–H groups in total. The van der Waals surface area contributed by atoms with Gasteiger partial charge in [0.05, 0.1) is 34.4 Å². The van der Waals surface area contributed by atoms with Gasteiger partial charge in [0, 0.05) is 13.7 Å². The van der Waals surface area contributed by atoms with Crippen LogP contribution in [-0.4, -0.2) is 76.7 Å². The van der Waals surface area contributed by atoms with Crippen molar-refractivity contribution in [2.45, 2.75) is 103 Å². The minimum absolute atomic E-state index is 0.0421. The Hall–Kier alpha value is -0.530. The third-order valence-corrected chi connectivity index (χ3v) is 7.02. The van der Waals surface area contributed by atoms with Crippen LogP contribution < -0.4 is 0 Å². The second-order valence-electron chi connectivity index (χ2n) is 10.8.